The molecule has 1 rings (SSSR count). The average molecular weight is 237 g/mol. The Morgan fingerprint density at radius 3 is 2.53 bits per heavy atom. The fourth-order valence-corrected chi connectivity index (χ4v) is 1.70. The van der Waals surface area contributed by atoms with E-state index >= 15 is 0 Å². The molecule has 0 heterocycles. The van der Waals surface area contributed by atoms with Gasteiger partial charge in [-0.1, -0.05) is 37.3 Å². The molecular formula is C14H23NO2. The normalized spacial score (nSPS) is 14.5. The Kier molecular flexibility index (Phi) is 6.19. The number of rotatable bonds is 8. The number of benzene rings is 1. The topological polar surface area (TPSA) is 41.5 Å². The lowest BCUT2D eigenvalue weighted by atomic mass is 9.93. The number of ether oxygens (including phenoxy) is 1. The molecule has 0 spiro atoms. The number of aliphatic hydroxyl groups is 1. The average Bonchev–Trinajstić information content (AvgIpc) is 2.39. The van der Waals surface area contributed by atoms with Gasteiger partial charge in [-0.25, -0.2) is 0 Å². The van der Waals surface area contributed by atoms with Crippen molar-refractivity contribution in [3.05, 3.63) is 35.9 Å². The van der Waals surface area contributed by atoms with E-state index in [4.69, 9.17) is 4.74 Å². The van der Waals surface area contributed by atoms with Crippen LogP contribution in [0.3, 0.4) is 0 Å². The van der Waals surface area contributed by atoms with Gasteiger partial charge >= 0.3 is 0 Å². The van der Waals surface area contributed by atoms with Crippen LogP contribution >= 0.6 is 0 Å². The third-order valence-corrected chi connectivity index (χ3v) is 2.84. The van der Waals surface area contributed by atoms with Crippen molar-refractivity contribution in [1.29, 1.82) is 0 Å². The molecule has 1 atom stereocenters. The van der Waals surface area contributed by atoms with Crippen molar-refractivity contribution < 1.29 is 9.84 Å². The Hall–Kier alpha value is -0.900. The highest BCUT2D eigenvalue weighted by atomic mass is 16.5. The predicted molar refractivity (Wildman–Crippen MR) is 70.0 cm³/mol. The standard InChI is InChI=1S/C14H23NO2/c1-3-10-17-11-9-15-14(2,12-16)13-7-5-4-6-8-13/h4-8,15-16H,3,9-12H2,1-2H3. The van der Waals surface area contributed by atoms with Crippen LogP contribution in [0.4, 0.5) is 0 Å². The van der Waals surface area contributed by atoms with Gasteiger partial charge in [-0.2, -0.15) is 0 Å². The minimum absolute atomic E-state index is 0.0742. The van der Waals surface area contributed by atoms with E-state index in [0.717, 1.165) is 25.1 Å². The molecule has 96 valence electrons. The summed E-state index contributed by atoms with van der Waals surface area (Å²) in [5.41, 5.74) is 0.703. The Labute approximate surface area is 104 Å². The summed E-state index contributed by atoms with van der Waals surface area (Å²) in [4.78, 5) is 0. The molecule has 2 N–H and O–H groups in total. The van der Waals surface area contributed by atoms with E-state index in [1.807, 2.05) is 37.3 Å². The van der Waals surface area contributed by atoms with Crippen molar-refractivity contribution in [3.8, 4) is 0 Å². The second-order valence-corrected chi connectivity index (χ2v) is 4.40. The van der Waals surface area contributed by atoms with Crippen molar-refractivity contribution in [2.45, 2.75) is 25.8 Å². The first-order valence-corrected chi connectivity index (χ1v) is 6.22. The van der Waals surface area contributed by atoms with Gasteiger partial charge in [0.25, 0.3) is 0 Å². The van der Waals surface area contributed by atoms with Crippen molar-refractivity contribution >= 4 is 0 Å². The van der Waals surface area contributed by atoms with E-state index < -0.39 is 5.54 Å². The summed E-state index contributed by atoms with van der Waals surface area (Å²) in [7, 11) is 0. The quantitative estimate of drug-likeness (QED) is 0.679. The van der Waals surface area contributed by atoms with Crippen molar-refractivity contribution in [2.75, 3.05) is 26.4 Å². The van der Waals surface area contributed by atoms with Gasteiger partial charge in [0.2, 0.25) is 0 Å². The zero-order valence-corrected chi connectivity index (χ0v) is 10.8. The van der Waals surface area contributed by atoms with Crippen molar-refractivity contribution in [2.24, 2.45) is 0 Å². The van der Waals surface area contributed by atoms with Crippen LogP contribution in [-0.2, 0) is 10.3 Å². The van der Waals surface area contributed by atoms with Gasteiger partial charge in [0.15, 0.2) is 0 Å². The van der Waals surface area contributed by atoms with Gasteiger partial charge in [0, 0.05) is 13.2 Å². The van der Waals surface area contributed by atoms with Gasteiger partial charge in [-0.05, 0) is 18.9 Å². The van der Waals surface area contributed by atoms with Gasteiger partial charge in [-0.15, -0.1) is 0 Å². The predicted octanol–water partition coefficient (Wildman–Crippen LogP) is 1.91. The summed E-state index contributed by atoms with van der Waals surface area (Å²) in [6, 6.07) is 9.99. The second kappa shape index (κ2) is 7.43. The van der Waals surface area contributed by atoms with Crippen LogP contribution in [0.1, 0.15) is 25.8 Å². The monoisotopic (exact) mass is 237 g/mol. The van der Waals surface area contributed by atoms with Crippen LogP contribution in [0.5, 0.6) is 0 Å². The minimum Gasteiger partial charge on any atom is -0.394 e. The molecule has 0 aliphatic heterocycles. The molecule has 0 aliphatic rings. The Morgan fingerprint density at radius 1 is 1.24 bits per heavy atom. The Morgan fingerprint density at radius 2 is 1.94 bits per heavy atom. The summed E-state index contributed by atoms with van der Waals surface area (Å²) in [6.07, 6.45) is 1.04. The first-order valence-electron chi connectivity index (χ1n) is 6.22. The van der Waals surface area contributed by atoms with E-state index in [-0.39, 0.29) is 6.61 Å². The Bertz CT molecular complexity index is 302. The summed E-state index contributed by atoms with van der Waals surface area (Å²) in [6.45, 7) is 6.38. The first kappa shape index (κ1) is 14.2. The van der Waals surface area contributed by atoms with Gasteiger partial charge in [-0.3, -0.25) is 0 Å². The highest BCUT2D eigenvalue weighted by molar-refractivity contribution is 5.23. The van der Waals surface area contributed by atoms with Crippen LogP contribution in [0.15, 0.2) is 30.3 Å². The highest BCUT2D eigenvalue weighted by Crippen LogP contribution is 2.19. The maximum Gasteiger partial charge on any atom is 0.0652 e. The summed E-state index contributed by atoms with van der Waals surface area (Å²) in [5.74, 6) is 0. The number of nitrogens with one attached hydrogen (secondary N) is 1. The summed E-state index contributed by atoms with van der Waals surface area (Å²) in [5, 5.41) is 12.9. The van der Waals surface area contributed by atoms with Crippen molar-refractivity contribution in [1.82, 2.24) is 5.32 Å². The van der Waals surface area contributed by atoms with E-state index in [0.29, 0.717) is 6.61 Å². The van der Waals surface area contributed by atoms with Crippen LogP contribution in [-0.4, -0.2) is 31.5 Å². The van der Waals surface area contributed by atoms with E-state index in [2.05, 4.69) is 12.2 Å². The first-order chi connectivity index (χ1) is 8.23. The van der Waals surface area contributed by atoms with Crippen LogP contribution in [0.2, 0.25) is 0 Å². The fraction of sp³-hybridized carbons (Fsp3) is 0.571. The molecule has 0 aromatic heterocycles. The van der Waals surface area contributed by atoms with Gasteiger partial charge in [0.1, 0.15) is 0 Å². The largest absolute Gasteiger partial charge is 0.394 e. The molecule has 0 bridgehead atoms. The highest BCUT2D eigenvalue weighted by Gasteiger charge is 2.24. The molecular weight excluding hydrogens is 214 g/mol. The zero-order valence-electron chi connectivity index (χ0n) is 10.8. The molecule has 3 nitrogen and oxygen atoms in total. The zero-order chi connectivity index (χ0) is 12.6. The maximum absolute atomic E-state index is 9.54. The molecule has 17 heavy (non-hydrogen) atoms. The Balaban J connectivity index is 2.46. The molecule has 0 radical (unpaired) electrons. The molecule has 3 heteroatoms. The molecule has 1 aromatic carbocycles. The van der Waals surface area contributed by atoms with Crippen LogP contribution in [0.25, 0.3) is 0 Å². The smallest absolute Gasteiger partial charge is 0.0652 e. The van der Waals surface area contributed by atoms with Crippen LogP contribution in [0, 0.1) is 0 Å². The molecule has 1 unspecified atom stereocenters. The third kappa shape index (κ3) is 4.46. The fourth-order valence-electron chi connectivity index (χ4n) is 1.70. The molecule has 0 saturated carbocycles. The second-order valence-electron chi connectivity index (χ2n) is 4.40. The van der Waals surface area contributed by atoms with Gasteiger partial charge < -0.3 is 15.2 Å². The van der Waals surface area contributed by atoms with E-state index in [9.17, 15) is 5.11 Å². The number of hydrogen-bond acceptors (Lipinski definition) is 3. The maximum atomic E-state index is 9.54. The third-order valence-electron chi connectivity index (χ3n) is 2.84. The van der Waals surface area contributed by atoms with E-state index in [1.54, 1.807) is 0 Å². The van der Waals surface area contributed by atoms with Crippen molar-refractivity contribution in [3.63, 3.8) is 0 Å². The lowest BCUT2D eigenvalue weighted by molar-refractivity contribution is 0.116. The summed E-state index contributed by atoms with van der Waals surface area (Å²) >= 11 is 0. The SMILES string of the molecule is CCCOCCNC(C)(CO)c1ccccc1. The minimum atomic E-state index is -0.392. The van der Waals surface area contributed by atoms with E-state index in [1.165, 1.54) is 0 Å². The number of aliphatic hydroxyl groups excluding tert-OH is 1. The number of hydrogen-bond donors (Lipinski definition) is 2. The molecule has 0 aliphatic carbocycles. The van der Waals surface area contributed by atoms with Gasteiger partial charge in [0.05, 0.1) is 18.8 Å². The molecule has 0 amide bonds. The lowest BCUT2D eigenvalue weighted by Crippen LogP contribution is -2.44. The lowest BCUT2D eigenvalue weighted by Gasteiger charge is -2.29. The molecule has 0 fully saturated rings. The molecule has 0 saturated heterocycles. The summed E-state index contributed by atoms with van der Waals surface area (Å²) < 4.78 is 5.41. The molecule has 1 aromatic rings. The van der Waals surface area contributed by atoms with Crippen LogP contribution < -0.4 is 5.32 Å².